The zero-order valence-corrected chi connectivity index (χ0v) is 21.8. The van der Waals surface area contributed by atoms with Crippen LogP contribution in [-0.2, 0) is 12.7 Å². The number of anilines is 3. The summed E-state index contributed by atoms with van der Waals surface area (Å²) in [6.07, 6.45) is -3.01. The standard InChI is InChI=1S/C28H26F3N9/c1-18(2)16-40(17-19-8-4-3-5-9-19)25-13-21(34-27-32-14-20(15-33-27)28(29,30)31)12-24(35-25)22-10-6-7-11-23(22)26-36-38-39-37-26/h3-15,18H,16-17H2,1-2H3,(H,32,33,34,35)(H,36,37,38,39). The molecule has 0 saturated carbocycles. The molecule has 3 aromatic heterocycles. The first kappa shape index (κ1) is 26.7. The molecule has 2 N–H and O–H groups in total. The molecule has 0 atom stereocenters. The van der Waals surface area contributed by atoms with E-state index in [2.05, 4.69) is 66.8 Å². The van der Waals surface area contributed by atoms with Crippen molar-refractivity contribution in [1.29, 1.82) is 0 Å². The first-order chi connectivity index (χ1) is 19.3. The van der Waals surface area contributed by atoms with E-state index in [0.29, 0.717) is 35.5 Å². The van der Waals surface area contributed by atoms with Crippen molar-refractivity contribution in [1.82, 2.24) is 35.6 Å². The Hall–Kier alpha value is -4.87. The second-order valence-corrected chi connectivity index (χ2v) is 9.57. The minimum atomic E-state index is -4.52. The Balaban J connectivity index is 1.59. The molecule has 0 aliphatic carbocycles. The zero-order valence-electron chi connectivity index (χ0n) is 21.8. The Kier molecular flexibility index (Phi) is 7.67. The third kappa shape index (κ3) is 6.40. The number of alkyl halides is 3. The summed E-state index contributed by atoms with van der Waals surface area (Å²) >= 11 is 0. The average Bonchev–Trinajstić information content (AvgIpc) is 3.48. The van der Waals surface area contributed by atoms with Crippen molar-refractivity contribution in [2.75, 3.05) is 16.8 Å². The molecule has 0 fully saturated rings. The van der Waals surface area contributed by atoms with Gasteiger partial charge in [-0.25, -0.2) is 20.1 Å². The van der Waals surface area contributed by atoms with Crippen molar-refractivity contribution in [2.45, 2.75) is 26.6 Å². The summed E-state index contributed by atoms with van der Waals surface area (Å²) in [5.74, 6) is 1.51. The molecule has 0 saturated heterocycles. The van der Waals surface area contributed by atoms with Crippen molar-refractivity contribution in [3.05, 3.63) is 90.3 Å². The zero-order chi connectivity index (χ0) is 28.1. The lowest BCUT2D eigenvalue weighted by molar-refractivity contribution is -0.138. The van der Waals surface area contributed by atoms with Gasteiger partial charge in [0.05, 0.1) is 11.3 Å². The van der Waals surface area contributed by atoms with Crippen molar-refractivity contribution >= 4 is 17.5 Å². The summed E-state index contributed by atoms with van der Waals surface area (Å²) in [6, 6.07) is 21.2. The fraction of sp³-hybridized carbons (Fsp3) is 0.214. The van der Waals surface area contributed by atoms with Crippen LogP contribution in [0.1, 0.15) is 25.0 Å². The number of pyridine rings is 1. The fourth-order valence-electron chi connectivity index (χ4n) is 4.23. The van der Waals surface area contributed by atoms with Gasteiger partial charge in [-0.1, -0.05) is 68.4 Å². The molecule has 12 heteroatoms. The number of tetrazole rings is 1. The number of nitrogens with zero attached hydrogens (tertiary/aromatic N) is 7. The molecule has 0 bridgehead atoms. The molecule has 2 aromatic carbocycles. The molecule has 0 amide bonds. The number of nitrogens with one attached hydrogen (secondary N) is 2. The Morgan fingerprint density at radius 2 is 1.62 bits per heavy atom. The van der Waals surface area contributed by atoms with Crippen LogP contribution in [0.2, 0.25) is 0 Å². The van der Waals surface area contributed by atoms with Crippen LogP contribution < -0.4 is 10.2 Å². The van der Waals surface area contributed by atoms with Crippen LogP contribution in [0.5, 0.6) is 0 Å². The largest absolute Gasteiger partial charge is 0.419 e. The molecule has 0 aliphatic rings. The van der Waals surface area contributed by atoms with E-state index in [1.165, 1.54) is 0 Å². The van der Waals surface area contributed by atoms with Crippen molar-refractivity contribution in [2.24, 2.45) is 5.92 Å². The van der Waals surface area contributed by atoms with Crippen LogP contribution >= 0.6 is 0 Å². The number of hydrogen-bond donors (Lipinski definition) is 2. The molecule has 0 unspecified atom stereocenters. The Morgan fingerprint density at radius 1 is 0.925 bits per heavy atom. The lowest BCUT2D eigenvalue weighted by Gasteiger charge is -2.27. The van der Waals surface area contributed by atoms with Crippen LogP contribution in [0, 0.1) is 5.92 Å². The molecule has 204 valence electrons. The molecular weight excluding hydrogens is 519 g/mol. The highest BCUT2D eigenvalue weighted by molar-refractivity contribution is 5.81. The smallest absolute Gasteiger partial charge is 0.352 e. The normalized spacial score (nSPS) is 11.6. The maximum Gasteiger partial charge on any atom is 0.419 e. The number of halogens is 3. The highest BCUT2D eigenvalue weighted by atomic mass is 19.4. The van der Waals surface area contributed by atoms with Gasteiger partial charge >= 0.3 is 6.18 Å². The number of benzene rings is 2. The van der Waals surface area contributed by atoms with Gasteiger partial charge in [0.1, 0.15) is 5.82 Å². The predicted octanol–water partition coefficient (Wildman–Crippen LogP) is 6.14. The van der Waals surface area contributed by atoms with E-state index in [-0.39, 0.29) is 5.95 Å². The van der Waals surface area contributed by atoms with Gasteiger partial charge in [0.15, 0.2) is 5.82 Å². The van der Waals surface area contributed by atoms with E-state index in [1.807, 2.05) is 48.5 Å². The third-order valence-electron chi connectivity index (χ3n) is 5.98. The van der Waals surface area contributed by atoms with Crippen LogP contribution in [0.15, 0.2) is 79.1 Å². The molecular formula is C28H26F3N9. The van der Waals surface area contributed by atoms with Gasteiger partial charge in [-0.05, 0) is 28.0 Å². The second kappa shape index (κ2) is 11.5. The van der Waals surface area contributed by atoms with Crippen molar-refractivity contribution < 1.29 is 13.2 Å². The Morgan fingerprint density at radius 3 is 2.27 bits per heavy atom. The maximum atomic E-state index is 13.0. The number of aromatic nitrogens is 7. The Bertz CT molecular complexity index is 1540. The van der Waals surface area contributed by atoms with Crippen molar-refractivity contribution in [3.63, 3.8) is 0 Å². The van der Waals surface area contributed by atoms with Crippen LogP contribution in [0.4, 0.5) is 30.6 Å². The van der Waals surface area contributed by atoms with E-state index in [4.69, 9.17) is 4.98 Å². The highest BCUT2D eigenvalue weighted by Gasteiger charge is 2.31. The summed E-state index contributed by atoms with van der Waals surface area (Å²) in [5, 5.41) is 17.3. The van der Waals surface area contributed by atoms with Gasteiger partial charge in [0, 0.05) is 48.4 Å². The summed E-state index contributed by atoms with van der Waals surface area (Å²) < 4.78 is 39.1. The number of H-pyrrole nitrogens is 1. The second-order valence-electron chi connectivity index (χ2n) is 9.57. The first-order valence-corrected chi connectivity index (χ1v) is 12.6. The molecule has 0 radical (unpaired) electrons. The molecule has 0 spiro atoms. The van der Waals surface area contributed by atoms with Gasteiger partial charge in [-0.2, -0.15) is 13.2 Å². The van der Waals surface area contributed by atoms with E-state index >= 15 is 0 Å². The van der Waals surface area contributed by atoms with Gasteiger partial charge < -0.3 is 10.2 Å². The lowest BCUT2D eigenvalue weighted by atomic mass is 10.0. The minimum absolute atomic E-state index is 0.0299. The Labute approximate surface area is 228 Å². The first-order valence-electron chi connectivity index (χ1n) is 12.6. The molecule has 3 heterocycles. The number of rotatable bonds is 9. The monoisotopic (exact) mass is 545 g/mol. The van der Waals surface area contributed by atoms with E-state index in [1.54, 1.807) is 6.07 Å². The SMILES string of the molecule is CC(C)CN(Cc1ccccc1)c1cc(Nc2ncc(C(F)(F)F)cn2)cc(-c2ccccc2-c2nnn[nH]2)n1. The van der Waals surface area contributed by atoms with E-state index in [0.717, 1.165) is 35.6 Å². The van der Waals surface area contributed by atoms with Gasteiger partial charge in [0.25, 0.3) is 0 Å². The van der Waals surface area contributed by atoms with Gasteiger partial charge in [-0.3, -0.25) is 0 Å². The number of hydrogen-bond acceptors (Lipinski definition) is 8. The van der Waals surface area contributed by atoms with Crippen molar-refractivity contribution in [3.8, 4) is 22.6 Å². The average molecular weight is 546 g/mol. The predicted molar refractivity (Wildman–Crippen MR) is 145 cm³/mol. The van der Waals surface area contributed by atoms with Crippen LogP contribution in [-0.4, -0.2) is 42.1 Å². The fourth-order valence-corrected chi connectivity index (χ4v) is 4.23. The minimum Gasteiger partial charge on any atom is -0.352 e. The summed E-state index contributed by atoms with van der Waals surface area (Å²) in [4.78, 5) is 15.0. The van der Waals surface area contributed by atoms with Gasteiger partial charge in [0.2, 0.25) is 5.95 Å². The number of aromatic amines is 1. The topological polar surface area (TPSA) is 108 Å². The van der Waals surface area contributed by atoms with E-state index < -0.39 is 11.7 Å². The lowest BCUT2D eigenvalue weighted by Crippen LogP contribution is -2.28. The summed E-state index contributed by atoms with van der Waals surface area (Å²) in [7, 11) is 0. The summed E-state index contributed by atoms with van der Waals surface area (Å²) in [6.45, 7) is 5.58. The molecule has 40 heavy (non-hydrogen) atoms. The third-order valence-corrected chi connectivity index (χ3v) is 5.98. The molecule has 0 aliphatic heterocycles. The quantitative estimate of drug-likeness (QED) is 0.227. The highest BCUT2D eigenvalue weighted by Crippen LogP contribution is 2.34. The van der Waals surface area contributed by atoms with Crippen LogP contribution in [0.3, 0.4) is 0 Å². The summed E-state index contributed by atoms with van der Waals surface area (Å²) in [5.41, 5.74) is 2.88. The molecule has 5 rings (SSSR count). The molecule has 5 aromatic rings. The van der Waals surface area contributed by atoms with E-state index in [9.17, 15) is 13.2 Å². The molecule has 9 nitrogen and oxygen atoms in total. The van der Waals surface area contributed by atoms with Crippen LogP contribution in [0.25, 0.3) is 22.6 Å². The van der Waals surface area contributed by atoms with Gasteiger partial charge in [-0.15, -0.1) is 5.10 Å². The maximum absolute atomic E-state index is 13.0.